The lowest BCUT2D eigenvalue weighted by molar-refractivity contribution is 0.301. The molecule has 0 unspecified atom stereocenters. The summed E-state index contributed by atoms with van der Waals surface area (Å²) in [4.78, 5) is 4.26. The van der Waals surface area contributed by atoms with E-state index in [0.29, 0.717) is 13.2 Å². The van der Waals surface area contributed by atoms with Crippen LogP contribution in [0.3, 0.4) is 0 Å². The number of nitrogens with two attached hydrogens (primary N) is 1. The lowest BCUT2D eigenvalue weighted by atomic mass is 10.2. The summed E-state index contributed by atoms with van der Waals surface area (Å²) in [6, 6.07) is 13.6. The summed E-state index contributed by atoms with van der Waals surface area (Å²) in [6.45, 7) is 1.00. The van der Waals surface area contributed by atoms with E-state index in [4.69, 9.17) is 10.5 Å². The number of nitrogens with zero attached hydrogens (tertiary/aromatic N) is 1. The smallest absolute Gasteiger partial charge is 0.130 e. The Morgan fingerprint density at radius 3 is 2.50 bits per heavy atom. The number of benzene rings is 1. The predicted octanol–water partition coefficient (Wildman–Crippen LogP) is 2.12. The van der Waals surface area contributed by atoms with E-state index in [1.165, 1.54) is 0 Å². The van der Waals surface area contributed by atoms with Crippen LogP contribution in [0.4, 0.5) is 0 Å². The van der Waals surface area contributed by atoms with Gasteiger partial charge in [-0.25, -0.2) is 0 Å². The molecule has 0 amide bonds. The van der Waals surface area contributed by atoms with E-state index in [0.717, 1.165) is 17.0 Å². The number of hydrogen-bond acceptors (Lipinski definition) is 3. The fraction of sp³-hybridized carbons (Fsp3) is 0.154. The average Bonchev–Trinajstić information content (AvgIpc) is 2.38. The summed E-state index contributed by atoms with van der Waals surface area (Å²) in [7, 11) is 0. The number of aromatic nitrogens is 1. The van der Waals surface area contributed by atoms with Crippen molar-refractivity contribution in [3.05, 3.63) is 59.9 Å². The molecule has 0 aliphatic rings. The van der Waals surface area contributed by atoms with Crippen molar-refractivity contribution < 1.29 is 4.74 Å². The molecule has 0 saturated heterocycles. The van der Waals surface area contributed by atoms with Crippen molar-refractivity contribution in [2.24, 2.45) is 5.73 Å². The molecule has 0 atom stereocenters. The van der Waals surface area contributed by atoms with Crippen LogP contribution in [0.5, 0.6) is 5.75 Å². The lowest BCUT2D eigenvalue weighted by Gasteiger charge is -2.05. The third-order valence-corrected chi connectivity index (χ3v) is 2.25. The van der Waals surface area contributed by atoms with Gasteiger partial charge >= 0.3 is 0 Å². The number of pyridine rings is 1. The molecule has 16 heavy (non-hydrogen) atoms. The number of ether oxygens (including phenoxy) is 1. The Kier molecular flexibility index (Phi) is 3.51. The summed E-state index contributed by atoms with van der Waals surface area (Å²) < 4.78 is 5.57. The molecular weight excluding hydrogens is 200 g/mol. The Morgan fingerprint density at radius 2 is 1.88 bits per heavy atom. The molecule has 1 heterocycles. The minimum Gasteiger partial charge on any atom is -0.487 e. The molecule has 3 heteroatoms. The summed E-state index contributed by atoms with van der Waals surface area (Å²) in [6.07, 6.45) is 1.78. The van der Waals surface area contributed by atoms with Crippen LogP contribution < -0.4 is 10.5 Å². The highest BCUT2D eigenvalue weighted by atomic mass is 16.5. The van der Waals surface area contributed by atoms with Crippen LogP contribution in [0.2, 0.25) is 0 Å². The molecule has 2 aromatic rings. The zero-order valence-corrected chi connectivity index (χ0v) is 8.97. The molecule has 0 aliphatic heterocycles. The van der Waals surface area contributed by atoms with Gasteiger partial charge in [-0.2, -0.15) is 0 Å². The molecule has 0 saturated carbocycles. The monoisotopic (exact) mass is 214 g/mol. The maximum Gasteiger partial charge on any atom is 0.130 e. The van der Waals surface area contributed by atoms with Gasteiger partial charge in [-0.05, 0) is 23.8 Å². The van der Waals surface area contributed by atoms with Gasteiger partial charge in [0.15, 0.2) is 0 Å². The van der Waals surface area contributed by atoms with Gasteiger partial charge < -0.3 is 10.5 Å². The Morgan fingerprint density at radius 1 is 1.06 bits per heavy atom. The van der Waals surface area contributed by atoms with Gasteiger partial charge in [0.05, 0.1) is 5.69 Å². The first-order chi connectivity index (χ1) is 7.88. The van der Waals surface area contributed by atoms with Crippen LogP contribution in [0.15, 0.2) is 48.7 Å². The first kappa shape index (κ1) is 10.6. The van der Waals surface area contributed by atoms with Crippen molar-refractivity contribution in [2.75, 3.05) is 0 Å². The van der Waals surface area contributed by atoms with Crippen molar-refractivity contribution >= 4 is 0 Å². The van der Waals surface area contributed by atoms with Gasteiger partial charge in [0, 0.05) is 12.7 Å². The molecular formula is C13H14N2O. The topological polar surface area (TPSA) is 48.1 Å². The second-order valence-electron chi connectivity index (χ2n) is 3.46. The van der Waals surface area contributed by atoms with E-state index < -0.39 is 0 Å². The highest BCUT2D eigenvalue weighted by molar-refractivity contribution is 5.21. The predicted molar refractivity (Wildman–Crippen MR) is 62.9 cm³/mol. The largest absolute Gasteiger partial charge is 0.487 e. The third kappa shape index (κ3) is 2.81. The van der Waals surface area contributed by atoms with Crippen LogP contribution in [0.25, 0.3) is 0 Å². The quantitative estimate of drug-likeness (QED) is 0.848. The van der Waals surface area contributed by atoms with E-state index in [9.17, 15) is 0 Å². The minimum atomic E-state index is 0.481. The summed E-state index contributed by atoms with van der Waals surface area (Å²) >= 11 is 0. The molecule has 2 N–H and O–H groups in total. The van der Waals surface area contributed by atoms with Gasteiger partial charge in [0.2, 0.25) is 0 Å². The van der Waals surface area contributed by atoms with Crippen molar-refractivity contribution in [2.45, 2.75) is 13.2 Å². The van der Waals surface area contributed by atoms with E-state index in [1.54, 1.807) is 6.20 Å². The van der Waals surface area contributed by atoms with Crippen molar-refractivity contribution in [3.63, 3.8) is 0 Å². The normalized spacial score (nSPS) is 10.1. The second-order valence-corrected chi connectivity index (χ2v) is 3.46. The minimum absolute atomic E-state index is 0.481. The average molecular weight is 214 g/mol. The standard InChI is InChI=1S/C13H14N2O/c14-8-11-6-7-12(15-9-11)10-16-13-4-2-1-3-5-13/h1-7,9H,8,10,14H2. The number of hydrogen-bond donors (Lipinski definition) is 1. The fourth-order valence-corrected chi connectivity index (χ4v) is 1.34. The highest BCUT2D eigenvalue weighted by Gasteiger charge is 1.96. The molecule has 2 rings (SSSR count). The maximum atomic E-state index is 5.57. The molecule has 82 valence electrons. The SMILES string of the molecule is NCc1ccc(COc2ccccc2)nc1. The fourth-order valence-electron chi connectivity index (χ4n) is 1.34. The van der Waals surface area contributed by atoms with Gasteiger partial charge in [-0.3, -0.25) is 4.98 Å². The maximum absolute atomic E-state index is 5.57. The van der Waals surface area contributed by atoms with E-state index >= 15 is 0 Å². The first-order valence-corrected chi connectivity index (χ1v) is 5.20. The van der Waals surface area contributed by atoms with Crippen LogP contribution >= 0.6 is 0 Å². The Labute approximate surface area is 94.9 Å². The third-order valence-electron chi connectivity index (χ3n) is 2.25. The van der Waals surface area contributed by atoms with E-state index in [2.05, 4.69) is 4.98 Å². The number of rotatable bonds is 4. The van der Waals surface area contributed by atoms with Crippen molar-refractivity contribution in [3.8, 4) is 5.75 Å². The summed E-state index contributed by atoms with van der Waals surface area (Å²) in [5.41, 5.74) is 7.43. The molecule has 0 bridgehead atoms. The van der Waals surface area contributed by atoms with Crippen LogP contribution in [-0.2, 0) is 13.2 Å². The van der Waals surface area contributed by atoms with Gasteiger partial charge in [0.1, 0.15) is 12.4 Å². The van der Waals surface area contributed by atoms with E-state index in [-0.39, 0.29) is 0 Å². The molecule has 0 fully saturated rings. The lowest BCUT2D eigenvalue weighted by Crippen LogP contribution is -2.01. The zero-order valence-electron chi connectivity index (χ0n) is 8.97. The van der Waals surface area contributed by atoms with Crippen LogP contribution in [-0.4, -0.2) is 4.98 Å². The van der Waals surface area contributed by atoms with Gasteiger partial charge in [-0.15, -0.1) is 0 Å². The van der Waals surface area contributed by atoms with E-state index in [1.807, 2.05) is 42.5 Å². The summed E-state index contributed by atoms with van der Waals surface area (Å²) in [5.74, 6) is 0.854. The molecule has 1 aromatic carbocycles. The molecule has 0 radical (unpaired) electrons. The van der Waals surface area contributed by atoms with Crippen molar-refractivity contribution in [1.82, 2.24) is 4.98 Å². The number of para-hydroxylation sites is 1. The Hall–Kier alpha value is -1.87. The Balaban J connectivity index is 1.94. The first-order valence-electron chi connectivity index (χ1n) is 5.20. The van der Waals surface area contributed by atoms with Gasteiger partial charge in [-0.1, -0.05) is 24.3 Å². The Bertz CT molecular complexity index is 425. The molecule has 0 aliphatic carbocycles. The van der Waals surface area contributed by atoms with Crippen molar-refractivity contribution in [1.29, 1.82) is 0 Å². The summed E-state index contributed by atoms with van der Waals surface area (Å²) in [5, 5.41) is 0. The molecule has 1 aromatic heterocycles. The molecule has 3 nitrogen and oxygen atoms in total. The zero-order chi connectivity index (χ0) is 11.2. The highest BCUT2D eigenvalue weighted by Crippen LogP contribution is 2.10. The molecule has 0 spiro atoms. The van der Waals surface area contributed by atoms with Gasteiger partial charge in [0.25, 0.3) is 0 Å². The van der Waals surface area contributed by atoms with Crippen LogP contribution in [0.1, 0.15) is 11.3 Å². The van der Waals surface area contributed by atoms with Crippen LogP contribution in [0, 0.1) is 0 Å². The second kappa shape index (κ2) is 5.28.